The molecule has 3 heteroatoms. The fourth-order valence-electron chi connectivity index (χ4n) is 1.91. The van der Waals surface area contributed by atoms with Crippen LogP contribution in [0.25, 0.3) is 0 Å². The molecule has 0 aliphatic rings. The Balaban J connectivity index is 2.12. The van der Waals surface area contributed by atoms with Crippen LogP contribution in [-0.2, 0) is 13.5 Å². The molecule has 1 aromatic carbocycles. The average Bonchev–Trinajstić information content (AvgIpc) is 2.70. The monoisotopic (exact) mass is 229 g/mol. The molecule has 2 aromatic rings. The molecule has 2 rings (SSSR count). The van der Waals surface area contributed by atoms with Crippen LogP contribution in [0, 0.1) is 13.8 Å². The molecule has 3 nitrogen and oxygen atoms in total. The maximum absolute atomic E-state index is 6.15. The Morgan fingerprint density at radius 1 is 1.29 bits per heavy atom. The predicted octanol–water partition coefficient (Wildman–Crippen LogP) is 2.28. The number of nitrogens with two attached hydrogens (primary N) is 1. The largest absolute Gasteiger partial charge is 0.340 e. The number of benzene rings is 1. The summed E-state index contributed by atoms with van der Waals surface area (Å²) in [7, 11) is 1.96. The van der Waals surface area contributed by atoms with Gasteiger partial charge < -0.3 is 10.3 Å². The van der Waals surface area contributed by atoms with E-state index in [1.165, 1.54) is 16.7 Å². The maximum Gasteiger partial charge on any atom is 0.0947 e. The van der Waals surface area contributed by atoms with Crippen molar-refractivity contribution in [2.75, 3.05) is 0 Å². The number of nitrogens with zero attached hydrogens (tertiary/aromatic N) is 2. The van der Waals surface area contributed by atoms with Crippen LogP contribution in [-0.4, -0.2) is 9.55 Å². The molecular weight excluding hydrogens is 210 g/mol. The van der Waals surface area contributed by atoms with Gasteiger partial charge in [0, 0.05) is 13.2 Å². The minimum absolute atomic E-state index is 0.0293. The van der Waals surface area contributed by atoms with Crippen LogP contribution in [0.15, 0.2) is 30.7 Å². The lowest BCUT2D eigenvalue weighted by molar-refractivity contribution is 0.699. The Labute approximate surface area is 102 Å². The van der Waals surface area contributed by atoms with E-state index < -0.39 is 0 Å². The third-order valence-electron chi connectivity index (χ3n) is 3.13. The van der Waals surface area contributed by atoms with E-state index in [1.807, 2.05) is 17.8 Å². The summed E-state index contributed by atoms with van der Waals surface area (Å²) in [5.41, 5.74) is 11.0. The number of imidazole rings is 1. The van der Waals surface area contributed by atoms with Crippen molar-refractivity contribution in [3.05, 3.63) is 53.1 Å². The maximum atomic E-state index is 6.15. The molecule has 0 amide bonds. The second-order valence-corrected chi connectivity index (χ2v) is 4.69. The predicted molar refractivity (Wildman–Crippen MR) is 69.8 cm³/mol. The van der Waals surface area contributed by atoms with Crippen molar-refractivity contribution < 1.29 is 0 Å². The summed E-state index contributed by atoms with van der Waals surface area (Å²) in [6.07, 6.45) is 4.60. The fourth-order valence-corrected chi connectivity index (χ4v) is 1.91. The zero-order valence-corrected chi connectivity index (χ0v) is 10.6. The van der Waals surface area contributed by atoms with E-state index >= 15 is 0 Å². The highest BCUT2D eigenvalue weighted by Gasteiger charge is 2.10. The van der Waals surface area contributed by atoms with Gasteiger partial charge in [-0.05, 0) is 37.0 Å². The van der Waals surface area contributed by atoms with E-state index in [0.29, 0.717) is 0 Å². The van der Waals surface area contributed by atoms with E-state index in [9.17, 15) is 0 Å². The molecular formula is C14H19N3. The van der Waals surface area contributed by atoms with E-state index in [0.717, 1.165) is 12.1 Å². The van der Waals surface area contributed by atoms with Gasteiger partial charge in [-0.25, -0.2) is 4.98 Å². The molecule has 1 atom stereocenters. The quantitative estimate of drug-likeness (QED) is 0.877. The number of aromatic nitrogens is 2. The average molecular weight is 229 g/mol. The second-order valence-electron chi connectivity index (χ2n) is 4.69. The summed E-state index contributed by atoms with van der Waals surface area (Å²) in [4.78, 5) is 4.29. The molecule has 0 aliphatic heterocycles. The summed E-state index contributed by atoms with van der Waals surface area (Å²) in [5.74, 6) is 0. The number of aryl methyl sites for hydroxylation is 3. The van der Waals surface area contributed by atoms with Crippen molar-refractivity contribution >= 4 is 0 Å². The lowest BCUT2D eigenvalue weighted by Gasteiger charge is -2.10. The van der Waals surface area contributed by atoms with Gasteiger partial charge >= 0.3 is 0 Å². The Kier molecular flexibility index (Phi) is 3.29. The Bertz CT molecular complexity index is 514. The summed E-state index contributed by atoms with van der Waals surface area (Å²) < 4.78 is 1.93. The van der Waals surface area contributed by atoms with Crippen LogP contribution in [0.4, 0.5) is 0 Å². The molecule has 0 aliphatic carbocycles. The normalized spacial score (nSPS) is 12.7. The van der Waals surface area contributed by atoms with Crippen LogP contribution < -0.4 is 5.73 Å². The topological polar surface area (TPSA) is 43.8 Å². The summed E-state index contributed by atoms with van der Waals surface area (Å²) in [5, 5.41) is 0. The Hall–Kier alpha value is -1.61. The lowest BCUT2D eigenvalue weighted by Crippen LogP contribution is -2.13. The van der Waals surface area contributed by atoms with Gasteiger partial charge in [0.05, 0.1) is 18.1 Å². The first-order chi connectivity index (χ1) is 8.06. The molecule has 1 heterocycles. The van der Waals surface area contributed by atoms with E-state index in [1.54, 1.807) is 6.33 Å². The highest BCUT2D eigenvalue weighted by Crippen LogP contribution is 2.16. The van der Waals surface area contributed by atoms with Gasteiger partial charge in [-0.2, -0.15) is 0 Å². The molecule has 1 unspecified atom stereocenters. The Morgan fingerprint density at radius 3 is 2.65 bits per heavy atom. The van der Waals surface area contributed by atoms with Crippen molar-refractivity contribution in [2.45, 2.75) is 26.3 Å². The third-order valence-corrected chi connectivity index (χ3v) is 3.13. The molecule has 0 bridgehead atoms. The molecule has 0 saturated heterocycles. The molecule has 2 N–H and O–H groups in total. The number of hydrogen-bond donors (Lipinski definition) is 1. The molecule has 17 heavy (non-hydrogen) atoms. The molecule has 1 aromatic heterocycles. The summed E-state index contributed by atoms with van der Waals surface area (Å²) in [6, 6.07) is 6.47. The number of hydrogen-bond acceptors (Lipinski definition) is 2. The van der Waals surface area contributed by atoms with Gasteiger partial charge in [0.2, 0.25) is 0 Å². The fraction of sp³-hybridized carbons (Fsp3) is 0.357. The minimum Gasteiger partial charge on any atom is -0.340 e. The van der Waals surface area contributed by atoms with Crippen LogP contribution >= 0.6 is 0 Å². The van der Waals surface area contributed by atoms with E-state index in [-0.39, 0.29) is 6.04 Å². The van der Waals surface area contributed by atoms with Crippen molar-refractivity contribution in [1.29, 1.82) is 0 Å². The van der Waals surface area contributed by atoms with E-state index in [4.69, 9.17) is 5.73 Å². The zero-order chi connectivity index (χ0) is 12.4. The number of rotatable bonds is 3. The van der Waals surface area contributed by atoms with Gasteiger partial charge in [-0.3, -0.25) is 0 Å². The molecule has 90 valence electrons. The molecule has 0 fully saturated rings. The van der Waals surface area contributed by atoms with Crippen molar-refractivity contribution in [3.63, 3.8) is 0 Å². The Morgan fingerprint density at radius 2 is 2.06 bits per heavy atom. The highest BCUT2D eigenvalue weighted by atomic mass is 15.0. The van der Waals surface area contributed by atoms with Crippen molar-refractivity contribution in [2.24, 2.45) is 12.8 Å². The van der Waals surface area contributed by atoms with Gasteiger partial charge in [-0.1, -0.05) is 18.2 Å². The van der Waals surface area contributed by atoms with Gasteiger partial charge in [0.1, 0.15) is 0 Å². The van der Waals surface area contributed by atoms with Gasteiger partial charge in [0.15, 0.2) is 0 Å². The standard InChI is InChI=1S/C14H19N3/c1-10-4-5-12(6-11(10)2)7-13(15)14-8-17(3)9-16-14/h4-6,8-9,13H,7,15H2,1-3H3. The minimum atomic E-state index is -0.0293. The first-order valence-corrected chi connectivity index (χ1v) is 5.86. The zero-order valence-electron chi connectivity index (χ0n) is 10.6. The van der Waals surface area contributed by atoms with Crippen LogP contribution in [0.2, 0.25) is 0 Å². The van der Waals surface area contributed by atoms with Crippen LogP contribution in [0.1, 0.15) is 28.4 Å². The smallest absolute Gasteiger partial charge is 0.0947 e. The highest BCUT2D eigenvalue weighted by molar-refractivity contribution is 5.30. The van der Waals surface area contributed by atoms with Crippen molar-refractivity contribution in [3.8, 4) is 0 Å². The molecule has 0 spiro atoms. The van der Waals surface area contributed by atoms with E-state index in [2.05, 4.69) is 37.0 Å². The molecule has 0 radical (unpaired) electrons. The van der Waals surface area contributed by atoms with Crippen LogP contribution in [0.5, 0.6) is 0 Å². The van der Waals surface area contributed by atoms with Crippen molar-refractivity contribution in [1.82, 2.24) is 9.55 Å². The SMILES string of the molecule is Cc1ccc(CC(N)c2cn(C)cn2)cc1C. The first kappa shape index (κ1) is 11.9. The third kappa shape index (κ3) is 2.74. The van der Waals surface area contributed by atoms with Gasteiger partial charge in [0.25, 0.3) is 0 Å². The molecule has 0 saturated carbocycles. The first-order valence-electron chi connectivity index (χ1n) is 5.86. The summed E-state index contributed by atoms with van der Waals surface area (Å²) in [6.45, 7) is 4.25. The van der Waals surface area contributed by atoms with Gasteiger partial charge in [-0.15, -0.1) is 0 Å². The van der Waals surface area contributed by atoms with Crippen LogP contribution in [0.3, 0.4) is 0 Å². The lowest BCUT2D eigenvalue weighted by atomic mass is 10.0. The summed E-state index contributed by atoms with van der Waals surface area (Å²) >= 11 is 0. The second kappa shape index (κ2) is 4.72.